The van der Waals surface area contributed by atoms with Crippen molar-refractivity contribution < 1.29 is 9.13 Å². The van der Waals surface area contributed by atoms with E-state index in [1.807, 2.05) is 18.2 Å². The van der Waals surface area contributed by atoms with E-state index in [-0.39, 0.29) is 5.82 Å². The highest BCUT2D eigenvalue weighted by Crippen LogP contribution is 2.18. The normalized spacial score (nSPS) is 10.1. The maximum Gasteiger partial charge on any atom is 0.123 e. The number of hydrogen-bond acceptors (Lipinski definition) is 1. The van der Waals surface area contributed by atoms with Crippen LogP contribution in [0.25, 0.3) is 0 Å². The average molecular weight is 237 g/mol. The first-order valence-electron chi connectivity index (χ1n) is 4.87. The molecule has 82 valence electrons. The molecule has 1 nitrogen and oxygen atoms in total. The molecule has 0 amide bonds. The van der Waals surface area contributed by atoms with E-state index < -0.39 is 0 Å². The molecule has 3 heteroatoms. The van der Waals surface area contributed by atoms with E-state index in [2.05, 4.69) is 0 Å². The van der Waals surface area contributed by atoms with Gasteiger partial charge in [-0.1, -0.05) is 29.8 Å². The van der Waals surface area contributed by atoms with Crippen molar-refractivity contribution in [1.82, 2.24) is 0 Å². The molecule has 0 heterocycles. The summed E-state index contributed by atoms with van der Waals surface area (Å²) in [6.07, 6.45) is 0. The quantitative estimate of drug-likeness (QED) is 0.781. The number of hydrogen-bond donors (Lipinski definition) is 0. The molecule has 0 aliphatic heterocycles. The van der Waals surface area contributed by atoms with Crippen molar-refractivity contribution >= 4 is 11.6 Å². The Hall–Kier alpha value is -1.54. The summed E-state index contributed by atoms with van der Waals surface area (Å²) in [5.74, 6) is 0.420. The van der Waals surface area contributed by atoms with Gasteiger partial charge in [-0.25, -0.2) is 4.39 Å². The minimum atomic E-state index is -0.257. The summed E-state index contributed by atoms with van der Waals surface area (Å²) in [7, 11) is 0. The van der Waals surface area contributed by atoms with E-state index in [1.54, 1.807) is 18.2 Å². The van der Waals surface area contributed by atoms with Gasteiger partial charge in [0, 0.05) is 5.02 Å². The van der Waals surface area contributed by atoms with Crippen LogP contribution in [0.2, 0.25) is 5.02 Å². The summed E-state index contributed by atoms with van der Waals surface area (Å²) < 4.78 is 18.4. The SMILES string of the molecule is Fc1cccc(COc2cccc(Cl)c2)c1. The van der Waals surface area contributed by atoms with Gasteiger partial charge in [0.15, 0.2) is 0 Å². The Morgan fingerprint density at radius 3 is 2.62 bits per heavy atom. The summed E-state index contributed by atoms with van der Waals surface area (Å²) in [4.78, 5) is 0. The van der Waals surface area contributed by atoms with Crippen LogP contribution in [0.1, 0.15) is 5.56 Å². The van der Waals surface area contributed by atoms with Gasteiger partial charge in [0.05, 0.1) is 0 Å². The molecule has 2 rings (SSSR count). The molecule has 16 heavy (non-hydrogen) atoms. The Kier molecular flexibility index (Phi) is 3.42. The van der Waals surface area contributed by atoms with Crippen LogP contribution in [-0.2, 0) is 6.61 Å². The fourth-order valence-corrected chi connectivity index (χ4v) is 1.53. The van der Waals surface area contributed by atoms with Crippen LogP contribution >= 0.6 is 11.6 Å². The fourth-order valence-electron chi connectivity index (χ4n) is 1.35. The average Bonchev–Trinajstić information content (AvgIpc) is 2.27. The van der Waals surface area contributed by atoms with Crippen LogP contribution in [0, 0.1) is 5.82 Å². The van der Waals surface area contributed by atoms with E-state index in [9.17, 15) is 4.39 Å². The molecule has 0 aliphatic carbocycles. The second kappa shape index (κ2) is 4.99. The monoisotopic (exact) mass is 236 g/mol. The van der Waals surface area contributed by atoms with Crippen LogP contribution in [0.4, 0.5) is 4.39 Å². The van der Waals surface area contributed by atoms with Crippen molar-refractivity contribution in [3.63, 3.8) is 0 Å². The van der Waals surface area contributed by atoms with E-state index >= 15 is 0 Å². The van der Waals surface area contributed by atoms with E-state index in [0.29, 0.717) is 17.4 Å². The second-order valence-corrected chi connectivity index (χ2v) is 3.81. The molecule has 0 aromatic heterocycles. The molecule has 0 unspecified atom stereocenters. The fraction of sp³-hybridized carbons (Fsp3) is 0.0769. The molecular weight excluding hydrogens is 227 g/mol. The third kappa shape index (κ3) is 2.97. The third-order valence-electron chi connectivity index (χ3n) is 2.09. The van der Waals surface area contributed by atoms with Crippen molar-refractivity contribution in [1.29, 1.82) is 0 Å². The zero-order valence-corrected chi connectivity index (χ0v) is 9.25. The van der Waals surface area contributed by atoms with Gasteiger partial charge in [-0.15, -0.1) is 0 Å². The van der Waals surface area contributed by atoms with Crippen molar-refractivity contribution in [2.45, 2.75) is 6.61 Å². The number of ether oxygens (including phenoxy) is 1. The van der Waals surface area contributed by atoms with Crippen LogP contribution in [0.3, 0.4) is 0 Å². The standard InChI is InChI=1S/C13H10ClFO/c14-11-4-2-6-13(8-11)16-9-10-3-1-5-12(15)7-10/h1-8H,9H2. The predicted octanol–water partition coefficient (Wildman–Crippen LogP) is 4.06. The van der Waals surface area contributed by atoms with Gasteiger partial charge in [0.25, 0.3) is 0 Å². The van der Waals surface area contributed by atoms with Gasteiger partial charge in [0.2, 0.25) is 0 Å². The maximum absolute atomic E-state index is 12.9. The van der Waals surface area contributed by atoms with E-state index in [4.69, 9.17) is 16.3 Å². The lowest BCUT2D eigenvalue weighted by Gasteiger charge is -2.06. The molecule has 0 saturated heterocycles. The Labute approximate surface area is 98.4 Å². The van der Waals surface area contributed by atoms with Crippen molar-refractivity contribution in [2.75, 3.05) is 0 Å². The van der Waals surface area contributed by atoms with Gasteiger partial charge in [-0.3, -0.25) is 0 Å². The molecular formula is C13H10ClFO. The molecule has 0 bridgehead atoms. The van der Waals surface area contributed by atoms with Gasteiger partial charge in [-0.2, -0.15) is 0 Å². The topological polar surface area (TPSA) is 9.23 Å². The molecule has 0 fully saturated rings. The Morgan fingerprint density at radius 1 is 1.06 bits per heavy atom. The summed E-state index contributed by atoms with van der Waals surface area (Å²) in [5, 5.41) is 0.622. The van der Waals surface area contributed by atoms with Gasteiger partial charge in [-0.05, 0) is 35.9 Å². The number of halogens is 2. The second-order valence-electron chi connectivity index (χ2n) is 3.38. The van der Waals surface area contributed by atoms with Gasteiger partial charge < -0.3 is 4.74 Å². The Morgan fingerprint density at radius 2 is 1.88 bits per heavy atom. The largest absolute Gasteiger partial charge is 0.489 e. The highest BCUT2D eigenvalue weighted by molar-refractivity contribution is 6.30. The van der Waals surface area contributed by atoms with Crippen molar-refractivity contribution in [3.05, 3.63) is 64.9 Å². The number of benzene rings is 2. The predicted molar refractivity (Wildman–Crippen MR) is 62.2 cm³/mol. The molecule has 0 saturated carbocycles. The Balaban J connectivity index is 2.02. The zero-order valence-electron chi connectivity index (χ0n) is 8.49. The van der Waals surface area contributed by atoms with Crippen molar-refractivity contribution in [3.8, 4) is 5.75 Å². The van der Waals surface area contributed by atoms with Gasteiger partial charge >= 0.3 is 0 Å². The molecule has 0 aliphatic rings. The third-order valence-corrected chi connectivity index (χ3v) is 2.33. The minimum absolute atomic E-state index is 0.257. The van der Waals surface area contributed by atoms with Crippen LogP contribution in [-0.4, -0.2) is 0 Å². The highest BCUT2D eigenvalue weighted by Gasteiger charge is 1.98. The maximum atomic E-state index is 12.9. The summed E-state index contributed by atoms with van der Waals surface area (Å²) >= 11 is 5.81. The minimum Gasteiger partial charge on any atom is -0.489 e. The number of rotatable bonds is 3. The lowest BCUT2D eigenvalue weighted by molar-refractivity contribution is 0.305. The molecule has 0 atom stereocenters. The summed E-state index contributed by atoms with van der Waals surface area (Å²) in [6, 6.07) is 13.4. The first-order valence-corrected chi connectivity index (χ1v) is 5.25. The van der Waals surface area contributed by atoms with Crippen LogP contribution < -0.4 is 4.74 Å². The lowest BCUT2D eigenvalue weighted by atomic mass is 10.2. The molecule has 0 spiro atoms. The van der Waals surface area contributed by atoms with E-state index in [0.717, 1.165) is 5.56 Å². The van der Waals surface area contributed by atoms with Crippen molar-refractivity contribution in [2.24, 2.45) is 0 Å². The zero-order chi connectivity index (χ0) is 11.4. The smallest absolute Gasteiger partial charge is 0.123 e. The van der Waals surface area contributed by atoms with Crippen LogP contribution in [0.15, 0.2) is 48.5 Å². The summed E-state index contributed by atoms with van der Waals surface area (Å²) in [5.41, 5.74) is 0.792. The highest BCUT2D eigenvalue weighted by atomic mass is 35.5. The first kappa shape index (κ1) is 11.0. The molecule has 2 aromatic carbocycles. The first-order chi connectivity index (χ1) is 7.74. The summed E-state index contributed by atoms with van der Waals surface area (Å²) in [6.45, 7) is 0.331. The molecule has 0 N–H and O–H groups in total. The molecule has 2 aromatic rings. The van der Waals surface area contributed by atoms with Crippen LogP contribution in [0.5, 0.6) is 5.75 Å². The molecule has 0 radical (unpaired) electrons. The van der Waals surface area contributed by atoms with E-state index in [1.165, 1.54) is 12.1 Å². The van der Waals surface area contributed by atoms with Gasteiger partial charge in [0.1, 0.15) is 18.2 Å². The lowest BCUT2D eigenvalue weighted by Crippen LogP contribution is -1.95. The Bertz CT molecular complexity index is 439.